The highest BCUT2D eigenvalue weighted by Crippen LogP contribution is 2.35. The Hall–Kier alpha value is -4.70. The third-order valence-electron chi connectivity index (χ3n) is 7.44. The SMILES string of the molecule is c1ccc2c(c1)c1ccccc1c1[nH]c(CCc3nc4c5ccccc5c5ccccc5c4[nH]3)nc21. The molecule has 0 bridgehead atoms. The molecule has 0 radical (unpaired) electrons. The van der Waals surface area contributed by atoms with E-state index in [0.717, 1.165) is 46.6 Å². The first-order valence-corrected chi connectivity index (χ1v) is 12.4. The number of aromatic amines is 2. The van der Waals surface area contributed by atoms with Crippen LogP contribution >= 0.6 is 0 Å². The molecule has 8 rings (SSSR count). The van der Waals surface area contributed by atoms with Crippen molar-refractivity contribution in [2.45, 2.75) is 12.8 Å². The summed E-state index contributed by atoms with van der Waals surface area (Å²) in [6.45, 7) is 0. The predicted octanol–water partition coefficient (Wildman–Crippen LogP) is 7.84. The Balaban J connectivity index is 1.25. The van der Waals surface area contributed by atoms with Gasteiger partial charge in [0.15, 0.2) is 0 Å². The van der Waals surface area contributed by atoms with Crippen molar-refractivity contribution in [2.24, 2.45) is 0 Å². The normalized spacial score (nSPS) is 12.1. The monoisotopic (exact) mass is 462 g/mol. The van der Waals surface area contributed by atoms with Crippen LogP contribution in [0.5, 0.6) is 0 Å². The van der Waals surface area contributed by atoms with Gasteiger partial charge in [-0.25, -0.2) is 9.97 Å². The smallest absolute Gasteiger partial charge is 0.107 e. The van der Waals surface area contributed by atoms with Crippen LogP contribution in [0.1, 0.15) is 11.6 Å². The van der Waals surface area contributed by atoms with Gasteiger partial charge in [-0.05, 0) is 21.5 Å². The van der Waals surface area contributed by atoms with Gasteiger partial charge in [0.25, 0.3) is 0 Å². The molecule has 170 valence electrons. The summed E-state index contributed by atoms with van der Waals surface area (Å²) < 4.78 is 0. The number of hydrogen-bond acceptors (Lipinski definition) is 2. The lowest BCUT2D eigenvalue weighted by molar-refractivity contribution is 0.844. The van der Waals surface area contributed by atoms with E-state index < -0.39 is 0 Å². The number of nitrogens with zero attached hydrogens (tertiary/aromatic N) is 2. The minimum Gasteiger partial charge on any atom is -0.341 e. The molecule has 36 heavy (non-hydrogen) atoms. The van der Waals surface area contributed by atoms with E-state index in [4.69, 9.17) is 9.97 Å². The van der Waals surface area contributed by atoms with Gasteiger partial charge in [-0.3, -0.25) is 0 Å². The molecule has 0 aliphatic rings. The molecule has 4 heteroatoms. The first kappa shape index (κ1) is 19.6. The molecular formula is C32H22N4. The van der Waals surface area contributed by atoms with Gasteiger partial charge >= 0.3 is 0 Å². The fourth-order valence-electron chi connectivity index (χ4n) is 5.82. The van der Waals surface area contributed by atoms with Crippen molar-refractivity contribution in [3.05, 3.63) is 109 Å². The summed E-state index contributed by atoms with van der Waals surface area (Å²) in [5, 5.41) is 9.81. The van der Waals surface area contributed by atoms with E-state index in [-0.39, 0.29) is 0 Å². The van der Waals surface area contributed by atoms with E-state index in [1.807, 2.05) is 0 Å². The molecule has 0 fully saturated rings. The summed E-state index contributed by atoms with van der Waals surface area (Å²) in [6.07, 6.45) is 1.57. The Morgan fingerprint density at radius 2 is 0.694 bits per heavy atom. The van der Waals surface area contributed by atoms with Crippen LogP contribution in [0.2, 0.25) is 0 Å². The van der Waals surface area contributed by atoms with Gasteiger partial charge in [-0.15, -0.1) is 0 Å². The highest BCUT2D eigenvalue weighted by molar-refractivity contribution is 6.24. The summed E-state index contributed by atoms with van der Waals surface area (Å²) in [4.78, 5) is 17.4. The van der Waals surface area contributed by atoms with Crippen LogP contribution in [-0.4, -0.2) is 19.9 Å². The van der Waals surface area contributed by atoms with Crippen LogP contribution in [-0.2, 0) is 12.8 Å². The van der Waals surface area contributed by atoms with E-state index in [2.05, 4.69) is 107 Å². The average Bonchev–Trinajstić information content (AvgIpc) is 3.58. The molecule has 0 unspecified atom stereocenters. The Morgan fingerprint density at radius 3 is 1.08 bits per heavy atom. The first-order chi connectivity index (χ1) is 17.8. The predicted molar refractivity (Wildman–Crippen MR) is 150 cm³/mol. The molecule has 0 amide bonds. The Bertz CT molecular complexity index is 1810. The van der Waals surface area contributed by atoms with Gasteiger partial charge in [-0.1, -0.05) is 97.1 Å². The van der Waals surface area contributed by atoms with Crippen LogP contribution in [0.3, 0.4) is 0 Å². The van der Waals surface area contributed by atoms with Gasteiger partial charge in [0.05, 0.1) is 22.1 Å². The van der Waals surface area contributed by atoms with Crippen LogP contribution in [0.25, 0.3) is 65.2 Å². The van der Waals surface area contributed by atoms with Crippen molar-refractivity contribution >= 4 is 65.2 Å². The molecule has 0 spiro atoms. The molecular weight excluding hydrogens is 440 g/mol. The van der Waals surface area contributed by atoms with Crippen LogP contribution in [0.15, 0.2) is 97.1 Å². The summed E-state index contributed by atoms with van der Waals surface area (Å²) >= 11 is 0. The molecule has 6 aromatic carbocycles. The maximum absolute atomic E-state index is 5.06. The largest absolute Gasteiger partial charge is 0.341 e. The van der Waals surface area contributed by atoms with E-state index in [1.165, 1.54) is 43.1 Å². The van der Waals surface area contributed by atoms with Gasteiger partial charge in [-0.2, -0.15) is 0 Å². The van der Waals surface area contributed by atoms with Crippen LogP contribution < -0.4 is 0 Å². The second-order valence-corrected chi connectivity index (χ2v) is 9.50. The number of fused-ring (bicyclic) bond motifs is 12. The molecule has 2 heterocycles. The molecule has 0 aliphatic carbocycles. The molecule has 2 aromatic heterocycles. The molecule has 0 saturated carbocycles. The highest BCUT2D eigenvalue weighted by Gasteiger charge is 2.15. The standard InChI is InChI=1S/C32H22N4/c1-5-13-23-19(9-1)20-10-2-6-14-24(20)30-29(23)33-27(34-30)17-18-28-35-31-25-15-7-3-11-21(25)22-12-4-8-16-26(22)32(31)36-28/h1-16H,17-18H2,(H,33,34)(H,35,36). The van der Waals surface area contributed by atoms with Gasteiger partial charge < -0.3 is 9.97 Å². The van der Waals surface area contributed by atoms with E-state index in [1.54, 1.807) is 0 Å². The Kier molecular flexibility index (Phi) is 4.03. The number of benzene rings is 6. The number of aromatic nitrogens is 4. The van der Waals surface area contributed by atoms with Gasteiger partial charge in [0.2, 0.25) is 0 Å². The number of rotatable bonds is 3. The maximum atomic E-state index is 5.06. The molecule has 4 nitrogen and oxygen atoms in total. The van der Waals surface area contributed by atoms with Crippen molar-refractivity contribution in [3.63, 3.8) is 0 Å². The molecule has 8 aromatic rings. The summed E-state index contributed by atoms with van der Waals surface area (Å²) in [6, 6.07) is 34.3. The maximum Gasteiger partial charge on any atom is 0.107 e. The van der Waals surface area contributed by atoms with Crippen LogP contribution in [0.4, 0.5) is 0 Å². The van der Waals surface area contributed by atoms with E-state index in [9.17, 15) is 0 Å². The molecule has 0 aliphatic heterocycles. The van der Waals surface area contributed by atoms with Crippen molar-refractivity contribution in [2.75, 3.05) is 0 Å². The fourth-order valence-corrected chi connectivity index (χ4v) is 5.82. The molecule has 2 N–H and O–H groups in total. The van der Waals surface area contributed by atoms with Crippen molar-refractivity contribution in [3.8, 4) is 0 Å². The number of hydrogen-bond donors (Lipinski definition) is 2. The zero-order chi connectivity index (χ0) is 23.6. The number of imidazole rings is 2. The lowest BCUT2D eigenvalue weighted by Crippen LogP contribution is -1.95. The number of nitrogens with one attached hydrogen (secondary N) is 2. The van der Waals surface area contributed by atoms with Gasteiger partial charge in [0.1, 0.15) is 11.6 Å². The second kappa shape index (κ2) is 7.40. The average molecular weight is 463 g/mol. The highest BCUT2D eigenvalue weighted by atomic mass is 14.9. The lowest BCUT2D eigenvalue weighted by Gasteiger charge is -2.05. The fraction of sp³-hybridized carbons (Fsp3) is 0.0625. The molecule has 0 saturated heterocycles. The third-order valence-corrected chi connectivity index (χ3v) is 7.44. The second-order valence-electron chi connectivity index (χ2n) is 9.50. The number of H-pyrrole nitrogens is 2. The zero-order valence-electron chi connectivity index (χ0n) is 19.5. The number of aryl methyl sites for hydroxylation is 2. The minimum atomic E-state index is 0.785. The van der Waals surface area contributed by atoms with Crippen molar-refractivity contribution < 1.29 is 0 Å². The van der Waals surface area contributed by atoms with E-state index >= 15 is 0 Å². The van der Waals surface area contributed by atoms with Crippen LogP contribution in [0, 0.1) is 0 Å². The summed E-state index contributed by atoms with van der Waals surface area (Å²) in [5.74, 6) is 1.98. The zero-order valence-corrected chi connectivity index (χ0v) is 19.5. The summed E-state index contributed by atoms with van der Waals surface area (Å²) in [5.41, 5.74) is 4.31. The summed E-state index contributed by atoms with van der Waals surface area (Å²) in [7, 11) is 0. The Labute approximate surface area is 206 Å². The topological polar surface area (TPSA) is 57.4 Å². The molecule has 0 atom stereocenters. The van der Waals surface area contributed by atoms with Crippen molar-refractivity contribution in [1.82, 2.24) is 19.9 Å². The van der Waals surface area contributed by atoms with Gasteiger partial charge in [0, 0.05) is 34.4 Å². The Morgan fingerprint density at radius 1 is 0.389 bits per heavy atom. The van der Waals surface area contributed by atoms with E-state index in [0.29, 0.717) is 0 Å². The quantitative estimate of drug-likeness (QED) is 0.263. The lowest BCUT2D eigenvalue weighted by atomic mass is 10.0. The first-order valence-electron chi connectivity index (χ1n) is 12.4. The third kappa shape index (κ3) is 2.75. The minimum absolute atomic E-state index is 0.785. The van der Waals surface area contributed by atoms with Crippen molar-refractivity contribution in [1.29, 1.82) is 0 Å².